The van der Waals surface area contributed by atoms with Crippen molar-refractivity contribution in [1.82, 2.24) is 10.2 Å². The first-order chi connectivity index (χ1) is 10.4. The number of hydrogen-bond donors (Lipinski definition) is 1. The minimum atomic E-state index is 0.504. The lowest BCUT2D eigenvalue weighted by molar-refractivity contribution is 0.0167. The highest BCUT2D eigenvalue weighted by atomic mass is 15.2. The summed E-state index contributed by atoms with van der Waals surface area (Å²) in [5, 5.41) is 3.84. The number of likely N-dealkylation sites (N-methyl/N-ethyl adjacent to an activating group) is 1. The Kier molecular flexibility index (Phi) is 5.61. The topological polar surface area (TPSA) is 15.3 Å². The lowest BCUT2D eigenvalue weighted by atomic mass is 9.75. The number of nitrogens with zero attached hydrogens (tertiary/aromatic N) is 1. The van der Waals surface area contributed by atoms with Crippen molar-refractivity contribution in [3.8, 4) is 0 Å². The van der Waals surface area contributed by atoms with Gasteiger partial charge in [0.05, 0.1) is 0 Å². The minimum absolute atomic E-state index is 0.504. The molecule has 2 heteroatoms. The van der Waals surface area contributed by atoms with E-state index < -0.39 is 0 Å². The lowest BCUT2D eigenvalue weighted by Crippen LogP contribution is -2.62. The van der Waals surface area contributed by atoms with Crippen molar-refractivity contribution in [2.24, 2.45) is 5.92 Å². The zero-order chi connectivity index (χ0) is 14.5. The SMILES string of the molecule is CNC(C1CCCCCC1)C1(N2CCCCC2)CCCC1. The van der Waals surface area contributed by atoms with E-state index in [-0.39, 0.29) is 0 Å². The van der Waals surface area contributed by atoms with Gasteiger partial charge in [0, 0.05) is 11.6 Å². The molecule has 3 fully saturated rings. The van der Waals surface area contributed by atoms with Crippen LogP contribution in [-0.2, 0) is 0 Å². The van der Waals surface area contributed by atoms with Crippen LogP contribution in [0.3, 0.4) is 0 Å². The Labute approximate surface area is 132 Å². The fourth-order valence-electron chi connectivity index (χ4n) is 5.74. The van der Waals surface area contributed by atoms with Crippen LogP contribution in [0.4, 0.5) is 0 Å². The van der Waals surface area contributed by atoms with Crippen molar-refractivity contribution in [1.29, 1.82) is 0 Å². The van der Waals surface area contributed by atoms with Crippen LogP contribution in [0.2, 0.25) is 0 Å². The maximum absolute atomic E-state index is 3.84. The van der Waals surface area contributed by atoms with E-state index in [4.69, 9.17) is 0 Å². The Morgan fingerprint density at radius 3 is 1.95 bits per heavy atom. The molecule has 3 aliphatic rings. The van der Waals surface area contributed by atoms with Gasteiger partial charge in [-0.15, -0.1) is 0 Å². The molecule has 1 heterocycles. The van der Waals surface area contributed by atoms with Crippen molar-refractivity contribution >= 4 is 0 Å². The number of rotatable bonds is 4. The molecule has 0 aromatic heterocycles. The summed E-state index contributed by atoms with van der Waals surface area (Å²) in [7, 11) is 2.25. The predicted molar refractivity (Wildman–Crippen MR) is 90.7 cm³/mol. The molecule has 0 spiro atoms. The summed E-state index contributed by atoms with van der Waals surface area (Å²) in [4.78, 5) is 2.93. The average molecular weight is 293 g/mol. The summed E-state index contributed by atoms with van der Waals surface area (Å²) in [5.74, 6) is 0.928. The molecule has 2 aliphatic carbocycles. The zero-order valence-electron chi connectivity index (χ0n) is 14.2. The highest BCUT2D eigenvalue weighted by molar-refractivity contribution is 5.06. The van der Waals surface area contributed by atoms with Gasteiger partial charge in [0.2, 0.25) is 0 Å². The largest absolute Gasteiger partial charge is 0.315 e. The molecule has 2 nitrogen and oxygen atoms in total. The Bertz CT molecular complexity index is 295. The van der Waals surface area contributed by atoms with Crippen LogP contribution in [0.5, 0.6) is 0 Å². The van der Waals surface area contributed by atoms with E-state index in [1.165, 1.54) is 96.6 Å². The Balaban J connectivity index is 1.79. The van der Waals surface area contributed by atoms with Crippen LogP contribution in [0.25, 0.3) is 0 Å². The van der Waals surface area contributed by atoms with Gasteiger partial charge in [0.15, 0.2) is 0 Å². The summed E-state index contributed by atoms with van der Waals surface area (Å²) in [6.07, 6.45) is 19.0. The highest BCUT2D eigenvalue weighted by Crippen LogP contribution is 2.44. The van der Waals surface area contributed by atoms with Crippen molar-refractivity contribution in [2.45, 2.75) is 95.1 Å². The van der Waals surface area contributed by atoms with E-state index in [1.807, 2.05) is 0 Å². The van der Waals surface area contributed by atoms with Crippen molar-refractivity contribution in [3.05, 3.63) is 0 Å². The summed E-state index contributed by atoms with van der Waals surface area (Å²) in [5.41, 5.74) is 0.504. The van der Waals surface area contributed by atoms with E-state index >= 15 is 0 Å². The molecule has 0 amide bonds. The smallest absolute Gasteiger partial charge is 0.0365 e. The fourth-order valence-corrected chi connectivity index (χ4v) is 5.74. The molecule has 1 unspecified atom stereocenters. The van der Waals surface area contributed by atoms with Crippen LogP contribution in [0, 0.1) is 5.92 Å². The summed E-state index contributed by atoms with van der Waals surface area (Å²) < 4.78 is 0. The number of likely N-dealkylation sites (tertiary alicyclic amines) is 1. The Morgan fingerprint density at radius 2 is 1.38 bits per heavy atom. The molecule has 0 radical (unpaired) electrons. The molecular formula is C19H36N2. The number of nitrogens with one attached hydrogen (secondary N) is 1. The van der Waals surface area contributed by atoms with Crippen molar-refractivity contribution < 1.29 is 0 Å². The maximum Gasteiger partial charge on any atom is 0.0365 e. The van der Waals surface area contributed by atoms with Gasteiger partial charge in [0.25, 0.3) is 0 Å². The maximum atomic E-state index is 3.84. The van der Waals surface area contributed by atoms with Crippen LogP contribution in [0.1, 0.15) is 83.5 Å². The highest BCUT2D eigenvalue weighted by Gasteiger charge is 2.47. The quantitative estimate of drug-likeness (QED) is 0.775. The number of piperidine rings is 1. The Morgan fingerprint density at radius 1 is 0.810 bits per heavy atom. The number of hydrogen-bond acceptors (Lipinski definition) is 2. The third-order valence-electron chi connectivity index (χ3n) is 6.72. The summed E-state index contributed by atoms with van der Waals surface area (Å²) >= 11 is 0. The molecule has 3 rings (SSSR count). The third-order valence-corrected chi connectivity index (χ3v) is 6.72. The second-order valence-electron chi connectivity index (χ2n) is 7.88. The van der Waals surface area contributed by atoms with Gasteiger partial charge in [-0.1, -0.05) is 44.9 Å². The second kappa shape index (κ2) is 7.46. The molecule has 1 atom stereocenters. The standard InChI is InChI=1S/C19H36N2/c1-20-18(17-11-5-2-3-6-12-17)19(13-7-8-14-19)21-15-9-4-10-16-21/h17-18,20H,2-16H2,1H3. The van der Waals surface area contributed by atoms with Gasteiger partial charge in [0.1, 0.15) is 0 Å². The van der Waals surface area contributed by atoms with E-state index in [1.54, 1.807) is 0 Å². The summed E-state index contributed by atoms with van der Waals surface area (Å²) in [6, 6.07) is 0.746. The van der Waals surface area contributed by atoms with E-state index in [0.717, 1.165) is 12.0 Å². The molecule has 0 aromatic carbocycles. The van der Waals surface area contributed by atoms with Gasteiger partial charge < -0.3 is 5.32 Å². The van der Waals surface area contributed by atoms with Gasteiger partial charge in [-0.3, -0.25) is 4.90 Å². The minimum Gasteiger partial charge on any atom is -0.315 e. The first-order valence-electron chi connectivity index (χ1n) is 9.79. The first-order valence-corrected chi connectivity index (χ1v) is 9.79. The molecular weight excluding hydrogens is 256 g/mol. The van der Waals surface area contributed by atoms with Crippen LogP contribution >= 0.6 is 0 Å². The average Bonchev–Trinajstić information content (AvgIpc) is 2.87. The summed E-state index contributed by atoms with van der Waals surface area (Å²) in [6.45, 7) is 2.73. The second-order valence-corrected chi connectivity index (χ2v) is 7.88. The van der Waals surface area contributed by atoms with E-state index in [2.05, 4.69) is 17.3 Å². The molecule has 21 heavy (non-hydrogen) atoms. The van der Waals surface area contributed by atoms with Crippen molar-refractivity contribution in [2.75, 3.05) is 20.1 Å². The third kappa shape index (κ3) is 3.32. The molecule has 0 bridgehead atoms. The molecule has 1 N–H and O–H groups in total. The zero-order valence-corrected chi connectivity index (χ0v) is 14.2. The van der Waals surface area contributed by atoms with Gasteiger partial charge in [-0.05, 0) is 64.6 Å². The van der Waals surface area contributed by atoms with Crippen LogP contribution < -0.4 is 5.32 Å². The predicted octanol–water partition coefficient (Wildman–Crippen LogP) is 4.34. The molecule has 122 valence electrons. The lowest BCUT2D eigenvalue weighted by Gasteiger charge is -2.51. The Hall–Kier alpha value is -0.0800. The van der Waals surface area contributed by atoms with Crippen LogP contribution in [-0.4, -0.2) is 36.6 Å². The normalized spacial score (nSPS) is 30.1. The fraction of sp³-hybridized carbons (Fsp3) is 1.00. The molecule has 1 aliphatic heterocycles. The van der Waals surface area contributed by atoms with E-state index in [0.29, 0.717) is 5.54 Å². The monoisotopic (exact) mass is 292 g/mol. The first kappa shape index (κ1) is 15.8. The van der Waals surface area contributed by atoms with Gasteiger partial charge in [-0.25, -0.2) is 0 Å². The molecule has 2 saturated carbocycles. The van der Waals surface area contributed by atoms with E-state index in [9.17, 15) is 0 Å². The molecule has 1 saturated heterocycles. The van der Waals surface area contributed by atoms with Gasteiger partial charge >= 0.3 is 0 Å². The van der Waals surface area contributed by atoms with Gasteiger partial charge in [-0.2, -0.15) is 0 Å². The van der Waals surface area contributed by atoms with Crippen LogP contribution in [0.15, 0.2) is 0 Å². The van der Waals surface area contributed by atoms with Crippen molar-refractivity contribution in [3.63, 3.8) is 0 Å². The molecule has 0 aromatic rings.